The molecule has 1 N–H and O–H groups in total. The molecule has 104 valence electrons. The molecule has 0 aliphatic rings. The van der Waals surface area contributed by atoms with Gasteiger partial charge >= 0.3 is 5.97 Å². The Kier molecular flexibility index (Phi) is 4.20. The van der Waals surface area contributed by atoms with E-state index < -0.39 is 12.6 Å². The van der Waals surface area contributed by atoms with Gasteiger partial charge in [0.2, 0.25) is 6.61 Å². The van der Waals surface area contributed by atoms with Crippen LogP contribution in [0.1, 0.15) is 12.5 Å². The van der Waals surface area contributed by atoms with Crippen LogP contribution in [-0.4, -0.2) is 30.5 Å². The molecule has 2 aromatic carbocycles. The first-order valence-corrected chi connectivity index (χ1v) is 6.06. The summed E-state index contributed by atoms with van der Waals surface area (Å²) in [5, 5.41) is 14.4. The number of oxime groups is 1. The Morgan fingerprint density at radius 1 is 1.20 bits per heavy atom. The zero-order valence-corrected chi connectivity index (χ0v) is 11.3. The first-order chi connectivity index (χ1) is 9.60. The van der Waals surface area contributed by atoms with Crippen molar-refractivity contribution in [2.45, 2.75) is 6.92 Å². The largest absolute Gasteiger partial charge is 0.497 e. The quantitative estimate of drug-likeness (QED) is 0.671. The fourth-order valence-corrected chi connectivity index (χ4v) is 1.81. The second-order valence-corrected chi connectivity index (χ2v) is 4.27. The van der Waals surface area contributed by atoms with Crippen LogP contribution >= 0.6 is 0 Å². The van der Waals surface area contributed by atoms with Crippen LogP contribution in [-0.2, 0) is 9.63 Å². The molecule has 0 saturated carbocycles. The number of carboxylic acid groups (broad SMARTS) is 1. The van der Waals surface area contributed by atoms with Gasteiger partial charge in [0.05, 0.1) is 12.8 Å². The molecule has 0 heterocycles. The minimum atomic E-state index is -1.05. The lowest BCUT2D eigenvalue weighted by Crippen LogP contribution is -2.05. The molecular formula is C15H15NO4. The Hall–Kier alpha value is -2.56. The lowest BCUT2D eigenvalue weighted by molar-refractivity contribution is -0.142. The van der Waals surface area contributed by atoms with Gasteiger partial charge in [-0.2, -0.15) is 0 Å². The van der Waals surface area contributed by atoms with Crippen LogP contribution in [0, 0.1) is 0 Å². The second kappa shape index (κ2) is 6.06. The van der Waals surface area contributed by atoms with Gasteiger partial charge in [0, 0.05) is 0 Å². The normalized spacial score (nSPS) is 11.4. The molecular weight excluding hydrogens is 258 g/mol. The average molecular weight is 273 g/mol. The minimum Gasteiger partial charge on any atom is -0.497 e. The van der Waals surface area contributed by atoms with Crippen molar-refractivity contribution >= 4 is 22.5 Å². The number of benzene rings is 2. The molecule has 0 bridgehead atoms. The number of methoxy groups -OCH3 is 1. The van der Waals surface area contributed by atoms with E-state index in [4.69, 9.17) is 14.7 Å². The molecule has 0 aliphatic heterocycles. The van der Waals surface area contributed by atoms with Crippen LogP contribution in [0.3, 0.4) is 0 Å². The number of ether oxygens (including phenoxy) is 1. The predicted octanol–water partition coefficient (Wildman–Crippen LogP) is 2.67. The Bertz CT molecular complexity index is 664. The van der Waals surface area contributed by atoms with Crippen LogP contribution in [0.5, 0.6) is 5.75 Å². The molecule has 2 rings (SSSR count). The van der Waals surface area contributed by atoms with E-state index >= 15 is 0 Å². The summed E-state index contributed by atoms with van der Waals surface area (Å²) in [4.78, 5) is 15.1. The lowest BCUT2D eigenvalue weighted by atomic mass is 10.0. The number of hydrogen-bond donors (Lipinski definition) is 1. The molecule has 0 saturated heterocycles. The van der Waals surface area contributed by atoms with Crippen molar-refractivity contribution in [2.75, 3.05) is 13.7 Å². The predicted molar refractivity (Wildman–Crippen MR) is 76.3 cm³/mol. The summed E-state index contributed by atoms with van der Waals surface area (Å²) >= 11 is 0. The van der Waals surface area contributed by atoms with E-state index in [1.54, 1.807) is 14.0 Å². The van der Waals surface area contributed by atoms with Gasteiger partial charge < -0.3 is 14.7 Å². The maximum Gasteiger partial charge on any atom is 0.344 e. The molecule has 5 heteroatoms. The highest BCUT2D eigenvalue weighted by atomic mass is 16.6. The van der Waals surface area contributed by atoms with E-state index in [9.17, 15) is 4.79 Å². The number of aliphatic carboxylic acids is 1. The third-order valence-electron chi connectivity index (χ3n) is 2.85. The topological polar surface area (TPSA) is 68.1 Å². The molecule has 0 atom stereocenters. The average Bonchev–Trinajstić information content (AvgIpc) is 2.45. The molecule has 0 aromatic heterocycles. The van der Waals surface area contributed by atoms with Crippen molar-refractivity contribution in [1.29, 1.82) is 0 Å². The van der Waals surface area contributed by atoms with E-state index in [2.05, 4.69) is 5.16 Å². The first kappa shape index (κ1) is 13.9. The summed E-state index contributed by atoms with van der Waals surface area (Å²) in [6.07, 6.45) is 0. The van der Waals surface area contributed by atoms with Crippen molar-refractivity contribution in [3.05, 3.63) is 42.0 Å². The van der Waals surface area contributed by atoms with Gasteiger partial charge in [-0.25, -0.2) is 4.79 Å². The van der Waals surface area contributed by atoms with Crippen molar-refractivity contribution in [1.82, 2.24) is 0 Å². The molecule has 0 spiro atoms. The van der Waals surface area contributed by atoms with Crippen molar-refractivity contribution in [3.63, 3.8) is 0 Å². The Morgan fingerprint density at radius 2 is 1.90 bits per heavy atom. The maximum atomic E-state index is 10.3. The minimum absolute atomic E-state index is 0.442. The van der Waals surface area contributed by atoms with Crippen LogP contribution < -0.4 is 4.74 Å². The smallest absolute Gasteiger partial charge is 0.344 e. The SMILES string of the molecule is COc1ccc2cc(C(C)=NOCC(=O)O)ccc2c1. The van der Waals surface area contributed by atoms with Gasteiger partial charge in [0.15, 0.2) is 0 Å². The van der Waals surface area contributed by atoms with Gasteiger partial charge in [0.25, 0.3) is 0 Å². The lowest BCUT2D eigenvalue weighted by Gasteiger charge is -2.05. The first-order valence-electron chi connectivity index (χ1n) is 6.06. The van der Waals surface area contributed by atoms with Gasteiger partial charge in [0.1, 0.15) is 5.75 Å². The summed E-state index contributed by atoms with van der Waals surface area (Å²) in [6.45, 7) is 1.33. The van der Waals surface area contributed by atoms with Crippen LogP contribution in [0.4, 0.5) is 0 Å². The van der Waals surface area contributed by atoms with Gasteiger partial charge in [-0.3, -0.25) is 0 Å². The third-order valence-corrected chi connectivity index (χ3v) is 2.85. The van der Waals surface area contributed by atoms with E-state index in [1.165, 1.54) is 0 Å². The number of fused-ring (bicyclic) bond motifs is 1. The summed E-state index contributed by atoms with van der Waals surface area (Å²) in [6, 6.07) is 11.6. The highest BCUT2D eigenvalue weighted by molar-refractivity contribution is 6.01. The third kappa shape index (κ3) is 3.26. The second-order valence-electron chi connectivity index (χ2n) is 4.27. The fraction of sp³-hybridized carbons (Fsp3) is 0.200. The number of rotatable bonds is 5. The monoisotopic (exact) mass is 273 g/mol. The molecule has 20 heavy (non-hydrogen) atoms. The zero-order valence-electron chi connectivity index (χ0n) is 11.3. The van der Waals surface area contributed by atoms with Crippen molar-refractivity contribution in [2.24, 2.45) is 5.16 Å². The van der Waals surface area contributed by atoms with E-state index in [1.807, 2.05) is 36.4 Å². The van der Waals surface area contributed by atoms with E-state index in [0.29, 0.717) is 5.71 Å². The molecule has 0 aliphatic carbocycles. The van der Waals surface area contributed by atoms with E-state index in [0.717, 1.165) is 22.1 Å². The number of carboxylic acids is 1. The van der Waals surface area contributed by atoms with Crippen molar-refractivity contribution < 1.29 is 19.5 Å². The fourth-order valence-electron chi connectivity index (χ4n) is 1.81. The summed E-state index contributed by atoms with van der Waals surface area (Å²) in [5.74, 6) is -0.243. The summed E-state index contributed by atoms with van der Waals surface area (Å²) in [5.41, 5.74) is 1.51. The molecule has 0 fully saturated rings. The highest BCUT2D eigenvalue weighted by Gasteiger charge is 2.03. The Balaban J connectivity index is 2.25. The summed E-state index contributed by atoms with van der Waals surface area (Å²) < 4.78 is 5.18. The highest BCUT2D eigenvalue weighted by Crippen LogP contribution is 2.22. The van der Waals surface area contributed by atoms with Gasteiger partial charge in [-0.15, -0.1) is 0 Å². The van der Waals surface area contributed by atoms with Gasteiger partial charge in [-0.1, -0.05) is 23.4 Å². The van der Waals surface area contributed by atoms with Crippen molar-refractivity contribution in [3.8, 4) is 5.75 Å². The zero-order chi connectivity index (χ0) is 14.5. The molecule has 2 aromatic rings. The van der Waals surface area contributed by atoms with Crippen LogP contribution in [0.25, 0.3) is 10.8 Å². The molecule has 0 radical (unpaired) electrons. The Labute approximate surface area is 116 Å². The maximum absolute atomic E-state index is 10.3. The summed E-state index contributed by atoms with van der Waals surface area (Å²) in [7, 11) is 1.63. The molecule has 5 nitrogen and oxygen atoms in total. The number of nitrogens with zero attached hydrogens (tertiary/aromatic N) is 1. The number of carbonyl (C=O) groups is 1. The van der Waals surface area contributed by atoms with Gasteiger partial charge in [-0.05, 0) is 41.5 Å². The molecule has 0 unspecified atom stereocenters. The number of hydrogen-bond acceptors (Lipinski definition) is 4. The molecule has 0 amide bonds. The standard InChI is InChI=1S/C15H15NO4/c1-10(16-20-9-15(17)18)11-3-4-13-8-14(19-2)6-5-12(13)7-11/h3-8H,9H2,1-2H3,(H,17,18). The Morgan fingerprint density at radius 3 is 2.60 bits per heavy atom. The van der Waals surface area contributed by atoms with Crippen LogP contribution in [0.15, 0.2) is 41.6 Å². The van der Waals surface area contributed by atoms with E-state index in [-0.39, 0.29) is 0 Å². The van der Waals surface area contributed by atoms with Crippen LogP contribution in [0.2, 0.25) is 0 Å².